The molecule has 2 aromatic carbocycles. The second-order valence-electron chi connectivity index (χ2n) is 9.64. The Labute approximate surface area is 245 Å². The number of carbonyl (C=O) groups is 2. The number of thiazole rings is 1. The smallest absolute Gasteiger partial charge is 0.338 e. The van der Waals surface area contributed by atoms with Gasteiger partial charge in [-0.05, 0) is 68.2 Å². The summed E-state index contributed by atoms with van der Waals surface area (Å²) in [7, 11) is 1.52. The first-order chi connectivity index (χ1) is 19.8. The van der Waals surface area contributed by atoms with Crippen molar-refractivity contribution in [2.45, 2.75) is 32.7 Å². The number of amides is 1. The number of benzene rings is 2. The highest BCUT2D eigenvalue weighted by atomic mass is 35.5. The first-order valence-electron chi connectivity index (χ1n) is 13.3. The van der Waals surface area contributed by atoms with Crippen molar-refractivity contribution in [1.29, 1.82) is 0 Å². The molecule has 0 unspecified atom stereocenters. The number of rotatable bonds is 8. The Morgan fingerprint density at radius 1 is 1.12 bits per heavy atom. The van der Waals surface area contributed by atoms with E-state index in [1.54, 1.807) is 67.3 Å². The number of carbonyl (C=O) groups excluding carboxylic acids is 2. The molecule has 2 aliphatic heterocycles. The van der Waals surface area contributed by atoms with Crippen molar-refractivity contribution in [3.05, 3.63) is 89.6 Å². The van der Waals surface area contributed by atoms with E-state index in [2.05, 4.69) is 4.99 Å². The Balaban J connectivity index is 1.51. The molecular weight excluding hydrogens is 566 g/mol. The van der Waals surface area contributed by atoms with Crippen molar-refractivity contribution < 1.29 is 23.8 Å². The van der Waals surface area contributed by atoms with Gasteiger partial charge in [-0.3, -0.25) is 14.2 Å². The molecule has 0 bridgehead atoms. The number of allylic oxidation sites excluding steroid dienone is 1. The molecule has 0 spiro atoms. The summed E-state index contributed by atoms with van der Waals surface area (Å²) in [5.74, 6) is 0.310. The van der Waals surface area contributed by atoms with Crippen LogP contribution in [0.5, 0.6) is 11.5 Å². The van der Waals surface area contributed by atoms with Crippen molar-refractivity contribution >= 4 is 40.9 Å². The number of likely N-dealkylation sites (tertiary alicyclic amines) is 1. The van der Waals surface area contributed by atoms with E-state index in [4.69, 9.17) is 25.8 Å². The van der Waals surface area contributed by atoms with Gasteiger partial charge >= 0.3 is 5.97 Å². The van der Waals surface area contributed by atoms with Crippen LogP contribution >= 0.6 is 22.9 Å². The highest BCUT2D eigenvalue weighted by Gasteiger charge is 2.33. The number of halogens is 1. The van der Waals surface area contributed by atoms with Gasteiger partial charge in [0, 0.05) is 18.1 Å². The molecule has 0 aliphatic carbocycles. The van der Waals surface area contributed by atoms with Crippen LogP contribution < -0.4 is 24.4 Å². The Kier molecular flexibility index (Phi) is 8.60. The molecule has 2 aliphatic rings. The quantitative estimate of drug-likeness (QED) is 0.370. The van der Waals surface area contributed by atoms with E-state index in [1.807, 2.05) is 0 Å². The second kappa shape index (κ2) is 12.3. The zero-order valence-corrected chi connectivity index (χ0v) is 24.6. The summed E-state index contributed by atoms with van der Waals surface area (Å²) in [6.45, 7) is 5.12. The van der Waals surface area contributed by atoms with Gasteiger partial charge in [0.05, 0.1) is 35.6 Å². The molecule has 41 heavy (non-hydrogen) atoms. The summed E-state index contributed by atoms with van der Waals surface area (Å²) in [5, 5.41) is 0.543. The number of nitrogens with zero attached hydrogens (tertiary/aromatic N) is 3. The van der Waals surface area contributed by atoms with Gasteiger partial charge in [0.25, 0.3) is 11.5 Å². The number of methoxy groups -OCH3 is 1. The molecule has 3 aromatic rings. The third-order valence-corrected chi connectivity index (χ3v) is 8.23. The molecule has 11 heteroatoms. The number of aromatic nitrogens is 1. The van der Waals surface area contributed by atoms with E-state index in [1.165, 1.54) is 23.0 Å². The molecule has 0 saturated carbocycles. The standard InChI is InChI=1S/C30H30ClN3O6S/c1-4-39-29(37)26-18(2)32-30-34(27(26)20-8-10-21(31)11-9-20)28(36)24(41-30)16-19-7-12-22(23(15-19)38-3)40-17-25(35)33-13-5-6-14-33/h7-12,15-16,27H,4-6,13-14,17H2,1-3H3/b24-16+/t27-/m0/s1. The van der Waals surface area contributed by atoms with Gasteiger partial charge < -0.3 is 19.1 Å². The van der Waals surface area contributed by atoms with Crippen LogP contribution in [-0.4, -0.2) is 54.8 Å². The fourth-order valence-electron chi connectivity index (χ4n) is 4.99. The van der Waals surface area contributed by atoms with Crippen molar-refractivity contribution in [2.24, 2.45) is 4.99 Å². The molecule has 0 N–H and O–H groups in total. The van der Waals surface area contributed by atoms with Gasteiger partial charge in [0.2, 0.25) is 0 Å². The third kappa shape index (κ3) is 5.94. The van der Waals surface area contributed by atoms with Gasteiger partial charge in [-0.1, -0.05) is 41.1 Å². The van der Waals surface area contributed by atoms with E-state index < -0.39 is 12.0 Å². The van der Waals surface area contributed by atoms with Crippen molar-refractivity contribution in [2.75, 3.05) is 33.4 Å². The summed E-state index contributed by atoms with van der Waals surface area (Å²) >= 11 is 7.35. The van der Waals surface area contributed by atoms with Crippen LogP contribution in [0.25, 0.3) is 6.08 Å². The average molecular weight is 596 g/mol. The van der Waals surface area contributed by atoms with Crippen LogP contribution in [-0.2, 0) is 14.3 Å². The molecule has 5 rings (SSSR count). The van der Waals surface area contributed by atoms with Crippen LogP contribution in [0.4, 0.5) is 0 Å². The lowest BCUT2D eigenvalue weighted by molar-refractivity contribution is -0.139. The summed E-state index contributed by atoms with van der Waals surface area (Å²) < 4.78 is 18.6. The van der Waals surface area contributed by atoms with E-state index in [0.717, 1.165) is 25.9 Å². The fourth-order valence-corrected chi connectivity index (χ4v) is 6.17. The molecule has 0 radical (unpaired) electrons. The van der Waals surface area contributed by atoms with Crippen molar-refractivity contribution in [3.63, 3.8) is 0 Å². The molecule has 1 amide bonds. The van der Waals surface area contributed by atoms with Crippen LogP contribution in [0.15, 0.2) is 63.5 Å². The number of ether oxygens (including phenoxy) is 3. The van der Waals surface area contributed by atoms with E-state index >= 15 is 0 Å². The summed E-state index contributed by atoms with van der Waals surface area (Å²) in [6.07, 6.45) is 3.77. The maximum absolute atomic E-state index is 13.8. The van der Waals surface area contributed by atoms with Crippen LogP contribution in [0.1, 0.15) is 43.9 Å². The monoisotopic (exact) mass is 595 g/mol. The highest BCUT2D eigenvalue weighted by Crippen LogP contribution is 2.32. The zero-order valence-electron chi connectivity index (χ0n) is 23.0. The Bertz CT molecular complexity index is 1690. The van der Waals surface area contributed by atoms with Crippen LogP contribution in [0.2, 0.25) is 5.02 Å². The van der Waals surface area contributed by atoms with Gasteiger partial charge in [-0.2, -0.15) is 0 Å². The van der Waals surface area contributed by atoms with Gasteiger partial charge in [-0.15, -0.1) is 0 Å². The summed E-state index contributed by atoms with van der Waals surface area (Å²) in [4.78, 5) is 46.1. The largest absolute Gasteiger partial charge is 0.493 e. The van der Waals surface area contributed by atoms with Gasteiger partial charge in [0.15, 0.2) is 22.9 Å². The molecule has 3 heterocycles. The lowest BCUT2D eigenvalue weighted by Gasteiger charge is -2.24. The zero-order chi connectivity index (χ0) is 29.1. The Morgan fingerprint density at radius 2 is 1.85 bits per heavy atom. The van der Waals surface area contributed by atoms with E-state index in [-0.39, 0.29) is 24.7 Å². The minimum absolute atomic E-state index is 0.0533. The molecule has 214 valence electrons. The maximum atomic E-state index is 13.8. The summed E-state index contributed by atoms with van der Waals surface area (Å²) in [5.41, 5.74) is 1.92. The third-order valence-electron chi connectivity index (χ3n) is 7.00. The van der Waals surface area contributed by atoms with Gasteiger partial charge in [-0.25, -0.2) is 9.79 Å². The molecule has 9 nitrogen and oxygen atoms in total. The molecule has 1 saturated heterocycles. The maximum Gasteiger partial charge on any atom is 0.338 e. The van der Waals surface area contributed by atoms with E-state index in [0.29, 0.717) is 48.3 Å². The first-order valence-corrected chi connectivity index (χ1v) is 14.5. The first kappa shape index (κ1) is 28.6. The van der Waals surface area contributed by atoms with Crippen molar-refractivity contribution in [1.82, 2.24) is 9.47 Å². The SMILES string of the molecule is CCOC(=O)C1=C(C)N=c2s/c(=C/c3ccc(OCC(=O)N4CCCC4)c(OC)c3)c(=O)n2[C@H]1c1ccc(Cl)cc1. The van der Waals surface area contributed by atoms with Gasteiger partial charge in [0.1, 0.15) is 0 Å². The molecule has 1 atom stereocenters. The highest BCUT2D eigenvalue weighted by molar-refractivity contribution is 7.07. The Morgan fingerprint density at radius 3 is 2.54 bits per heavy atom. The number of esters is 1. The minimum Gasteiger partial charge on any atom is -0.493 e. The number of hydrogen-bond acceptors (Lipinski definition) is 8. The predicted octanol–water partition coefficient (Wildman–Crippen LogP) is 3.46. The summed E-state index contributed by atoms with van der Waals surface area (Å²) in [6, 6.07) is 11.6. The molecular formula is C30H30ClN3O6S. The minimum atomic E-state index is -0.719. The van der Waals surface area contributed by atoms with Crippen molar-refractivity contribution in [3.8, 4) is 11.5 Å². The lowest BCUT2D eigenvalue weighted by Crippen LogP contribution is -2.39. The molecule has 1 aromatic heterocycles. The van der Waals surface area contributed by atoms with Crippen LogP contribution in [0, 0.1) is 0 Å². The molecule has 1 fully saturated rings. The predicted molar refractivity (Wildman–Crippen MR) is 156 cm³/mol. The lowest BCUT2D eigenvalue weighted by atomic mass is 9.96. The topological polar surface area (TPSA) is 99.4 Å². The van der Waals surface area contributed by atoms with Crippen LogP contribution in [0.3, 0.4) is 0 Å². The Hall–Kier alpha value is -3.89. The normalized spacial score (nSPS) is 16.8. The number of hydrogen-bond donors (Lipinski definition) is 0. The fraction of sp³-hybridized carbons (Fsp3) is 0.333. The average Bonchev–Trinajstić information content (AvgIpc) is 3.60. The second-order valence-corrected chi connectivity index (χ2v) is 11.1. The van der Waals surface area contributed by atoms with E-state index in [9.17, 15) is 14.4 Å². The number of fused-ring (bicyclic) bond motifs is 1.